The minimum atomic E-state index is 0.180. The van der Waals surface area contributed by atoms with E-state index in [0.717, 1.165) is 13.0 Å². The highest BCUT2D eigenvalue weighted by atomic mass is 79.9. The van der Waals surface area contributed by atoms with Gasteiger partial charge in [0.2, 0.25) is 5.91 Å². The number of nitrogens with one attached hydrogen (secondary N) is 1. The minimum absolute atomic E-state index is 0.180. The van der Waals surface area contributed by atoms with Crippen molar-refractivity contribution >= 4 is 21.8 Å². The van der Waals surface area contributed by atoms with Gasteiger partial charge in [0.05, 0.1) is 0 Å². The second-order valence-electron chi connectivity index (χ2n) is 5.57. The largest absolute Gasteiger partial charge is 0.356 e. The Kier molecular flexibility index (Phi) is 5.44. The molecule has 1 aliphatic rings. The highest BCUT2D eigenvalue weighted by molar-refractivity contribution is 9.09. The van der Waals surface area contributed by atoms with Crippen molar-refractivity contribution in [3.8, 4) is 0 Å². The van der Waals surface area contributed by atoms with Crippen LogP contribution in [-0.4, -0.2) is 17.3 Å². The summed E-state index contributed by atoms with van der Waals surface area (Å²) in [4.78, 5) is 12.5. The summed E-state index contributed by atoms with van der Waals surface area (Å²) in [5, 5.41) is 3.07. The van der Waals surface area contributed by atoms with E-state index in [1.807, 2.05) is 0 Å². The van der Waals surface area contributed by atoms with E-state index in [1.54, 1.807) is 0 Å². The molecule has 2 unspecified atom stereocenters. The average Bonchev–Trinajstić information content (AvgIpc) is 2.80. The van der Waals surface area contributed by atoms with Crippen molar-refractivity contribution in [3.05, 3.63) is 35.4 Å². The molecule has 1 aromatic rings. The van der Waals surface area contributed by atoms with Crippen molar-refractivity contribution in [1.82, 2.24) is 5.32 Å². The summed E-state index contributed by atoms with van der Waals surface area (Å²) >= 11 is 3.64. The van der Waals surface area contributed by atoms with Gasteiger partial charge in [0.1, 0.15) is 0 Å². The maximum absolute atomic E-state index is 11.8. The van der Waals surface area contributed by atoms with Crippen molar-refractivity contribution in [3.63, 3.8) is 0 Å². The third-order valence-corrected chi connectivity index (χ3v) is 4.62. The summed E-state index contributed by atoms with van der Waals surface area (Å²) in [7, 11) is 0. The van der Waals surface area contributed by atoms with Gasteiger partial charge in [0.25, 0.3) is 0 Å². The van der Waals surface area contributed by atoms with Gasteiger partial charge in [-0.05, 0) is 44.1 Å². The van der Waals surface area contributed by atoms with Gasteiger partial charge in [-0.25, -0.2) is 0 Å². The van der Waals surface area contributed by atoms with Crippen LogP contribution >= 0.6 is 15.9 Å². The van der Waals surface area contributed by atoms with E-state index >= 15 is 0 Å². The van der Waals surface area contributed by atoms with Crippen LogP contribution in [0.2, 0.25) is 0 Å². The number of halogens is 1. The first kappa shape index (κ1) is 14.6. The van der Waals surface area contributed by atoms with Gasteiger partial charge < -0.3 is 5.32 Å². The monoisotopic (exact) mass is 323 g/mol. The summed E-state index contributed by atoms with van der Waals surface area (Å²) in [5.41, 5.74) is 2.50. The Hall–Kier alpha value is -0.830. The first-order valence-electron chi connectivity index (χ1n) is 7.10. The normalized spacial score (nSPS) is 22.4. The second-order valence-corrected chi connectivity index (χ2v) is 6.86. The summed E-state index contributed by atoms with van der Waals surface area (Å²) < 4.78 is 0. The quantitative estimate of drug-likeness (QED) is 0.824. The first-order chi connectivity index (χ1) is 9.13. The highest BCUT2D eigenvalue weighted by Crippen LogP contribution is 2.29. The molecule has 0 aliphatic heterocycles. The molecule has 0 radical (unpaired) electrons. The zero-order chi connectivity index (χ0) is 13.7. The van der Waals surface area contributed by atoms with E-state index < -0.39 is 0 Å². The molecule has 1 fully saturated rings. The topological polar surface area (TPSA) is 29.1 Å². The Labute approximate surface area is 124 Å². The maximum atomic E-state index is 11.8. The van der Waals surface area contributed by atoms with E-state index in [9.17, 15) is 4.79 Å². The van der Waals surface area contributed by atoms with Crippen LogP contribution in [0.15, 0.2) is 24.3 Å². The molecule has 2 atom stereocenters. The SMILES string of the molecule is Cc1cccc(CCC(=O)NCC2CCC(Br)C2)c1. The van der Waals surface area contributed by atoms with Crippen LogP contribution in [0.25, 0.3) is 0 Å². The summed E-state index contributed by atoms with van der Waals surface area (Å²) in [6, 6.07) is 8.38. The average molecular weight is 324 g/mol. The molecular weight excluding hydrogens is 302 g/mol. The Balaban J connectivity index is 1.67. The van der Waals surface area contributed by atoms with E-state index in [2.05, 4.69) is 52.4 Å². The van der Waals surface area contributed by atoms with Crippen LogP contribution in [0.4, 0.5) is 0 Å². The zero-order valence-electron chi connectivity index (χ0n) is 11.5. The Morgan fingerprint density at radius 3 is 2.95 bits per heavy atom. The van der Waals surface area contributed by atoms with E-state index in [-0.39, 0.29) is 5.91 Å². The van der Waals surface area contributed by atoms with Crippen LogP contribution in [-0.2, 0) is 11.2 Å². The van der Waals surface area contributed by atoms with Gasteiger partial charge in [-0.3, -0.25) is 4.79 Å². The number of rotatable bonds is 5. The number of alkyl halides is 1. The molecule has 0 bridgehead atoms. The Morgan fingerprint density at radius 2 is 2.26 bits per heavy atom. The minimum Gasteiger partial charge on any atom is -0.356 e. The molecule has 0 aromatic heterocycles. The molecule has 1 saturated carbocycles. The molecule has 0 saturated heterocycles. The number of hydrogen-bond donors (Lipinski definition) is 1. The lowest BCUT2D eigenvalue weighted by atomic mass is 10.1. The van der Waals surface area contributed by atoms with Crippen molar-refractivity contribution < 1.29 is 4.79 Å². The molecule has 1 aliphatic carbocycles. The van der Waals surface area contributed by atoms with Crippen LogP contribution < -0.4 is 5.32 Å². The number of amides is 1. The molecule has 2 nitrogen and oxygen atoms in total. The van der Waals surface area contributed by atoms with Crippen molar-refractivity contribution in [2.75, 3.05) is 6.54 Å². The molecule has 19 heavy (non-hydrogen) atoms. The number of carbonyl (C=O) groups excluding carboxylic acids is 1. The van der Waals surface area contributed by atoms with Crippen LogP contribution in [0.5, 0.6) is 0 Å². The number of carbonyl (C=O) groups is 1. The Morgan fingerprint density at radius 1 is 1.42 bits per heavy atom. The van der Waals surface area contributed by atoms with Gasteiger partial charge in [0, 0.05) is 17.8 Å². The number of benzene rings is 1. The van der Waals surface area contributed by atoms with E-state index in [1.165, 1.54) is 30.4 Å². The number of hydrogen-bond acceptors (Lipinski definition) is 1. The van der Waals surface area contributed by atoms with Gasteiger partial charge in [-0.15, -0.1) is 0 Å². The van der Waals surface area contributed by atoms with Gasteiger partial charge in [-0.1, -0.05) is 45.8 Å². The van der Waals surface area contributed by atoms with Gasteiger partial charge in [0.15, 0.2) is 0 Å². The molecule has 3 heteroatoms. The molecule has 1 aromatic carbocycles. The zero-order valence-corrected chi connectivity index (χ0v) is 13.1. The van der Waals surface area contributed by atoms with Gasteiger partial charge >= 0.3 is 0 Å². The second kappa shape index (κ2) is 7.09. The molecule has 0 heterocycles. The standard InChI is InChI=1S/C16H22BrNO/c1-12-3-2-4-13(9-12)6-8-16(19)18-11-14-5-7-15(17)10-14/h2-4,9,14-15H,5-8,10-11H2,1H3,(H,18,19). The summed E-state index contributed by atoms with van der Waals surface area (Å²) in [5.74, 6) is 0.840. The molecule has 104 valence electrons. The smallest absolute Gasteiger partial charge is 0.220 e. The van der Waals surface area contributed by atoms with Crippen molar-refractivity contribution in [2.45, 2.75) is 43.9 Å². The molecule has 0 spiro atoms. The van der Waals surface area contributed by atoms with Crippen LogP contribution in [0.3, 0.4) is 0 Å². The molecule has 2 rings (SSSR count). The fraction of sp³-hybridized carbons (Fsp3) is 0.562. The summed E-state index contributed by atoms with van der Waals surface area (Å²) in [6.45, 7) is 2.93. The third-order valence-electron chi connectivity index (χ3n) is 3.79. The molecular formula is C16H22BrNO. The predicted molar refractivity (Wildman–Crippen MR) is 82.6 cm³/mol. The molecule has 1 N–H and O–H groups in total. The first-order valence-corrected chi connectivity index (χ1v) is 8.01. The highest BCUT2D eigenvalue weighted by Gasteiger charge is 2.22. The van der Waals surface area contributed by atoms with Crippen LogP contribution in [0.1, 0.15) is 36.8 Å². The van der Waals surface area contributed by atoms with E-state index in [4.69, 9.17) is 0 Å². The lowest BCUT2D eigenvalue weighted by Crippen LogP contribution is -2.28. The van der Waals surface area contributed by atoms with Crippen molar-refractivity contribution in [2.24, 2.45) is 5.92 Å². The van der Waals surface area contributed by atoms with Gasteiger partial charge in [-0.2, -0.15) is 0 Å². The van der Waals surface area contributed by atoms with E-state index in [0.29, 0.717) is 17.2 Å². The lowest BCUT2D eigenvalue weighted by molar-refractivity contribution is -0.121. The molecule has 1 amide bonds. The third kappa shape index (κ3) is 4.98. The number of aryl methyl sites for hydroxylation is 2. The predicted octanol–water partition coefficient (Wildman–Crippen LogP) is 3.61. The summed E-state index contributed by atoms with van der Waals surface area (Å²) in [6.07, 6.45) is 5.09. The Bertz CT molecular complexity index is 433. The maximum Gasteiger partial charge on any atom is 0.220 e. The van der Waals surface area contributed by atoms with Crippen molar-refractivity contribution in [1.29, 1.82) is 0 Å². The lowest BCUT2D eigenvalue weighted by Gasteiger charge is -2.11. The van der Waals surface area contributed by atoms with Crippen LogP contribution in [0, 0.1) is 12.8 Å². The fourth-order valence-electron chi connectivity index (χ4n) is 2.67. The fourth-order valence-corrected chi connectivity index (χ4v) is 3.46.